The first-order valence-electron chi connectivity index (χ1n) is 6.22. The summed E-state index contributed by atoms with van der Waals surface area (Å²) in [6.45, 7) is 0.313. The summed E-state index contributed by atoms with van der Waals surface area (Å²) in [6, 6.07) is 0.891. The Morgan fingerprint density at radius 3 is 2.48 bits per heavy atom. The fourth-order valence-corrected chi connectivity index (χ4v) is 3.86. The van der Waals surface area contributed by atoms with Gasteiger partial charge in [0.05, 0.1) is 0 Å². The molecule has 1 saturated carbocycles. The van der Waals surface area contributed by atoms with Gasteiger partial charge in [-0.15, -0.1) is 12.4 Å². The van der Waals surface area contributed by atoms with Crippen molar-refractivity contribution >= 4 is 22.4 Å². The van der Waals surface area contributed by atoms with Crippen molar-refractivity contribution in [3.8, 4) is 0 Å². The van der Waals surface area contributed by atoms with Crippen molar-refractivity contribution in [2.45, 2.75) is 30.2 Å². The molecule has 0 spiro atoms. The first-order valence-corrected chi connectivity index (χ1v) is 7.71. The molecule has 2 rings (SSSR count). The molecule has 0 aliphatic heterocycles. The summed E-state index contributed by atoms with van der Waals surface area (Å²) in [4.78, 5) is -0.890. The van der Waals surface area contributed by atoms with Crippen LogP contribution in [0, 0.1) is 23.4 Å². The summed E-state index contributed by atoms with van der Waals surface area (Å²) < 4.78 is 65.9. The fraction of sp³-hybridized carbons (Fsp3) is 0.500. The molecule has 21 heavy (non-hydrogen) atoms. The Labute approximate surface area is 127 Å². The maximum atomic E-state index is 13.6. The third kappa shape index (κ3) is 3.68. The van der Waals surface area contributed by atoms with E-state index < -0.39 is 38.4 Å². The van der Waals surface area contributed by atoms with E-state index in [2.05, 4.69) is 4.72 Å². The molecule has 0 saturated heterocycles. The Balaban J connectivity index is 0.00000220. The average Bonchev–Trinajstić information content (AvgIpc) is 2.82. The van der Waals surface area contributed by atoms with Gasteiger partial charge in [-0.05, 0) is 37.4 Å². The number of sulfonamides is 1. The van der Waals surface area contributed by atoms with E-state index in [0.717, 1.165) is 12.8 Å². The van der Waals surface area contributed by atoms with E-state index in [1.165, 1.54) is 0 Å². The molecule has 2 unspecified atom stereocenters. The third-order valence-corrected chi connectivity index (χ3v) is 5.06. The van der Waals surface area contributed by atoms with Crippen LogP contribution < -0.4 is 10.5 Å². The van der Waals surface area contributed by atoms with E-state index in [4.69, 9.17) is 5.73 Å². The maximum Gasteiger partial charge on any atom is 0.243 e. The van der Waals surface area contributed by atoms with Gasteiger partial charge in [-0.25, -0.2) is 26.3 Å². The predicted molar refractivity (Wildman–Crippen MR) is 74.1 cm³/mol. The lowest BCUT2D eigenvalue weighted by molar-refractivity contribution is 0.426. The molecule has 1 aromatic carbocycles. The average molecular weight is 345 g/mol. The molecule has 0 bridgehead atoms. The Bertz CT molecular complexity index is 613. The van der Waals surface area contributed by atoms with Crippen molar-refractivity contribution in [3.63, 3.8) is 0 Å². The summed E-state index contributed by atoms with van der Waals surface area (Å²) in [6.07, 6.45) is 2.19. The Morgan fingerprint density at radius 1 is 1.19 bits per heavy atom. The van der Waals surface area contributed by atoms with Crippen molar-refractivity contribution < 1.29 is 21.6 Å². The molecule has 9 heteroatoms. The Kier molecular flexibility index (Phi) is 6.03. The van der Waals surface area contributed by atoms with Crippen molar-refractivity contribution in [2.75, 3.05) is 6.54 Å². The zero-order valence-corrected chi connectivity index (χ0v) is 12.6. The molecule has 1 aliphatic carbocycles. The Hall–Kier alpha value is -0.830. The van der Waals surface area contributed by atoms with E-state index in [1.807, 2.05) is 0 Å². The molecule has 0 radical (unpaired) electrons. The largest absolute Gasteiger partial charge is 0.330 e. The lowest BCUT2D eigenvalue weighted by Gasteiger charge is -2.19. The summed E-state index contributed by atoms with van der Waals surface area (Å²) in [5, 5.41) is 0. The van der Waals surface area contributed by atoms with Gasteiger partial charge in [-0.2, -0.15) is 0 Å². The molecule has 3 N–H and O–H groups in total. The van der Waals surface area contributed by atoms with Crippen LogP contribution in [0.15, 0.2) is 17.0 Å². The van der Waals surface area contributed by atoms with Crippen LogP contribution >= 0.6 is 12.4 Å². The van der Waals surface area contributed by atoms with E-state index in [1.54, 1.807) is 0 Å². The minimum atomic E-state index is -4.24. The molecule has 0 amide bonds. The summed E-state index contributed by atoms with van der Waals surface area (Å²) in [5.74, 6) is -4.96. The number of benzene rings is 1. The molecule has 4 nitrogen and oxygen atoms in total. The third-order valence-electron chi connectivity index (χ3n) is 3.56. The summed E-state index contributed by atoms with van der Waals surface area (Å²) in [7, 11) is -4.24. The van der Waals surface area contributed by atoms with Crippen molar-refractivity contribution in [3.05, 3.63) is 29.6 Å². The smallest absolute Gasteiger partial charge is 0.243 e. The first kappa shape index (κ1) is 18.2. The van der Waals surface area contributed by atoms with Crippen molar-refractivity contribution in [1.29, 1.82) is 0 Å². The standard InChI is InChI=1S/C12H15F3N2O2S.ClH/c13-8-4-5-10(12(15)11(8)14)20(18,19)17-9-3-1-2-7(9)6-16;/h4-5,7,9,17H,1-3,6,16H2;1H. The van der Waals surface area contributed by atoms with Crippen LogP contribution in [-0.4, -0.2) is 21.0 Å². The van der Waals surface area contributed by atoms with Crippen LogP contribution in [0.3, 0.4) is 0 Å². The number of hydrogen-bond acceptors (Lipinski definition) is 3. The van der Waals surface area contributed by atoms with Gasteiger partial charge >= 0.3 is 0 Å². The van der Waals surface area contributed by atoms with Crippen molar-refractivity contribution in [2.24, 2.45) is 11.7 Å². The maximum absolute atomic E-state index is 13.6. The highest BCUT2D eigenvalue weighted by Crippen LogP contribution is 2.27. The van der Waals surface area contributed by atoms with Crippen LogP contribution in [-0.2, 0) is 10.0 Å². The minimum Gasteiger partial charge on any atom is -0.330 e. The molecule has 2 atom stereocenters. The topological polar surface area (TPSA) is 72.2 Å². The van der Waals surface area contributed by atoms with E-state index in [-0.39, 0.29) is 18.3 Å². The number of rotatable bonds is 4. The van der Waals surface area contributed by atoms with Gasteiger partial charge in [0.25, 0.3) is 0 Å². The predicted octanol–water partition coefficient (Wildman–Crippen LogP) is 1.93. The Morgan fingerprint density at radius 2 is 1.86 bits per heavy atom. The lowest BCUT2D eigenvalue weighted by Crippen LogP contribution is -2.40. The van der Waals surface area contributed by atoms with Gasteiger partial charge in [0.2, 0.25) is 10.0 Å². The highest BCUT2D eigenvalue weighted by molar-refractivity contribution is 7.89. The van der Waals surface area contributed by atoms with Crippen LogP contribution in [0.4, 0.5) is 13.2 Å². The summed E-state index contributed by atoms with van der Waals surface area (Å²) in [5.41, 5.74) is 5.54. The van der Waals surface area contributed by atoms with Crippen LogP contribution in [0.25, 0.3) is 0 Å². The normalized spacial score (nSPS) is 22.1. The highest BCUT2D eigenvalue weighted by Gasteiger charge is 2.32. The fourth-order valence-electron chi connectivity index (χ4n) is 2.45. The zero-order valence-electron chi connectivity index (χ0n) is 11.0. The molecular weight excluding hydrogens is 329 g/mol. The second-order valence-electron chi connectivity index (χ2n) is 4.83. The molecule has 0 heterocycles. The molecule has 1 aromatic rings. The highest BCUT2D eigenvalue weighted by atomic mass is 35.5. The number of hydrogen-bond donors (Lipinski definition) is 2. The zero-order chi connectivity index (χ0) is 14.9. The van der Waals surface area contributed by atoms with Gasteiger partial charge in [0.15, 0.2) is 17.5 Å². The lowest BCUT2D eigenvalue weighted by atomic mass is 10.1. The van der Waals surface area contributed by atoms with Gasteiger partial charge in [0.1, 0.15) is 4.90 Å². The number of nitrogens with two attached hydrogens (primary N) is 1. The van der Waals surface area contributed by atoms with Crippen LogP contribution in [0.5, 0.6) is 0 Å². The van der Waals surface area contributed by atoms with Gasteiger partial charge in [-0.1, -0.05) is 6.42 Å². The van der Waals surface area contributed by atoms with Crippen LogP contribution in [0.2, 0.25) is 0 Å². The molecular formula is C12H16ClF3N2O2S. The van der Waals surface area contributed by atoms with Crippen molar-refractivity contribution in [1.82, 2.24) is 4.72 Å². The monoisotopic (exact) mass is 344 g/mol. The van der Waals surface area contributed by atoms with E-state index in [9.17, 15) is 21.6 Å². The number of nitrogens with one attached hydrogen (secondary N) is 1. The first-order chi connectivity index (χ1) is 9.36. The second kappa shape index (κ2) is 6.95. The summed E-state index contributed by atoms with van der Waals surface area (Å²) >= 11 is 0. The van der Waals surface area contributed by atoms with Gasteiger partial charge < -0.3 is 5.73 Å². The van der Waals surface area contributed by atoms with Gasteiger partial charge in [-0.3, -0.25) is 0 Å². The minimum absolute atomic E-state index is 0. The number of halogens is 4. The molecule has 0 aromatic heterocycles. The van der Waals surface area contributed by atoms with E-state index in [0.29, 0.717) is 25.1 Å². The SMILES string of the molecule is Cl.NCC1CCCC1NS(=O)(=O)c1ccc(F)c(F)c1F. The molecule has 1 aliphatic rings. The second-order valence-corrected chi connectivity index (χ2v) is 6.51. The molecule has 120 valence electrons. The van der Waals surface area contributed by atoms with Crippen LogP contribution in [0.1, 0.15) is 19.3 Å². The quantitative estimate of drug-likeness (QED) is 0.820. The van der Waals surface area contributed by atoms with Gasteiger partial charge in [0, 0.05) is 6.04 Å². The molecule has 1 fully saturated rings. The van der Waals surface area contributed by atoms with E-state index >= 15 is 0 Å².